The van der Waals surface area contributed by atoms with E-state index in [-0.39, 0.29) is 11.8 Å². The number of imide groups is 1. The molecule has 0 saturated carbocycles. The molecule has 1 aromatic heterocycles. The molecule has 0 atom stereocenters. The van der Waals surface area contributed by atoms with Crippen LogP contribution in [0, 0.1) is 13.8 Å². The number of thiazole rings is 1. The summed E-state index contributed by atoms with van der Waals surface area (Å²) in [5.74, 6) is -0.625. The number of aromatic nitrogens is 1. The maximum Gasteiger partial charge on any atom is 0.266 e. The van der Waals surface area contributed by atoms with E-state index in [1.165, 1.54) is 16.2 Å². The molecule has 3 aromatic rings. The van der Waals surface area contributed by atoms with Crippen LogP contribution in [0.1, 0.15) is 32.2 Å². The highest BCUT2D eigenvalue weighted by molar-refractivity contribution is 7.09. The summed E-state index contributed by atoms with van der Waals surface area (Å²) in [6, 6.07) is 14.6. The molecule has 5 heteroatoms. The molecule has 26 heavy (non-hydrogen) atoms. The number of aryl methyl sites for hydroxylation is 2. The smallest absolute Gasteiger partial charge is 0.266 e. The number of rotatable bonds is 2. The Morgan fingerprint density at radius 2 is 1.62 bits per heavy atom. The van der Waals surface area contributed by atoms with Crippen molar-refractivity contribution >= 4 is 40.5 Å². The first-order valence-electron chi connectivity index (χ1n) is 8.24. The number of nitrogens with zero attached hydrogens (tertiary/aromatic N) is 2. The highest BCUT2D eigenvalue weighted by Crippen LogP contribution is 2.34. The first-order valence-corrected chi connectivity index (χ1v) is 9.12. The molecule has 0 spiro atoms. The Balaban J connectivity index is 1.93. The summed E-state index contributed by atoms with van der Waals surface area (Å²) >= 11 is 1.53. The summed E-state index contributed by atoms with van der Waals surface area (Å²) in [5.41, 5.74) is 3.86. The zero-order valence-corrected chi connectivity index (χ0v) is 15.2. The zero-order chi connectivity index (χ0) is 18.3. The van der Waals surface area contributed by atoms with Crippen LogP contribution in [-0.4, -0.2) is 16.8 Å². The Morgan fingerprint density at radius 3 is 2.31 bits per heavy atom. The third kappa shape index (κ3) is 2.66. The van der Waals surface area contributed by atoms with Gasteiger partial charge in [0.05, 0.1) is 22.0 Å². The molecule has 0 bridgehead atoms. The second-order valence-electron chi connectivity index (χ2n) is 6.13. The minimum absolute atomic E-state index is 0.300. The largest absolute Gasteiger partial charge is 0.268 e. The van der Waals surface area contributed by atoms with Crippen molar-refractivity contribution in [1.82, 2.24) is 4.98 Å². The van der Waals surface area contributed by atoms with E-state index in [1.54, 1.807) is 18.2 Å². The number of anilines is 1. The van der Waals surface area contributed by atoms with Crippen LogP contribution < -0.4 is 4.90 Å². The van der Waals surface area contributed by atoms with Crippen LogP contribution in [0.4, 0.5) is 5.69 Å². The van der Waals surface area contributed by atoms with Crippen LogP contribution in [0.3, 0.4) is 0 Å². The Kier molecular flexibility index (Phi) is 4.01. The van der Waals surface area contributed by atoms with Crippen molar-refractivity contribution in [3.8, 4) is 0 Å². The molecule has 0 saturated heterocycles. The standard InChI is InChI=1S/C21H16N2O2S/c1-13-7-3-6-10-19(13)23-20(24)17-9-5-4-8-16(17)18(21(23)25)11-15-12-26-14(2)22-15/h3-12H,1-2H3/b18-11-. The van der Waals surface area contributed by atoms with Gasteiger partial charge in [0.15, 0.2) is 0 Å². The fraction of sp³-hybridized carbons (Fsp3) is 0.0952. The summed E-state index contributed by atoms with van der Waals surface area (Å²) in [4.78, 5) is 32.0. The molecule has 0 unspecified atom stereocenters. The number of fused-ring (bicyclic) bond motifs is 1. The van der Waals surface area contributed by atoms with Crippen molar-refractivity contribution in [1.29, 1.82) is 0 Å². The van der Waals surface area contributed by atoms with E-state index in [0.717, 1.165) is 16.3 Å². The SMILES string of the molecule is Cc1nc(/C=C2\C(=O)N(c3ccccc3C)C(=O)c3ccccc32)cs1. The minimum Gasteiger partial charge on any atom is -0.268 e. The van der Waals surface area contributed by atoms with Gasteiger partial charge in [-0.2, -0.15) is 0 Å². The second-order valence-corrected chi connectivity index (χ2v) is 7.19. The molecule has 4 nitrogen and oxygen atoms in total. The van der Waals surface area contributed by atoms with Crippen LogP contribution in [0.2, 0.25) is 0 Å². The van der Waals surface area contributed by atoms with Crippen LogP contribution in [0.15, 0.2) is 53.9 Å². The minimum atomic E-state index is -0.325. The fourth-order valence-corrected chi connectivity index (χ4v) is 3.69. The number of hydrogen-bond donors (Lipinski definition) is 0. The maximum absolute atomic E-state index is 13.3. The molecule has 2 heterocycles. The lowest BCUT2D eigenvalue weighted by Gasteiger charge is -2.29. The van der Waals surface area contributed by atoms with Gasteiger partial charge in [0.1, 0.15) is 0 Å². The lowest BCUT2D eigenvalue weighted by molar-refractivity contribution is -0.112. The van der Waals surface area contributed by atoms with Crippen molar-refractivity contribution < 1.29 is 9.59 Å². The Bertz CT molecular complexity index is 1070. The van der Waals surface area contributed by atoms with Crippen molar-refractivity contribution in [2.45, 2.75) is 13.8 Å². The summed E-state index contributed by atoms with van der Waals surface area (Å²) in [7, 11) is 0. The van der Waals surface area contributed by atoms with Gasteiger partial charge in [0.25, 0.3) is 11.8 Å². The average molecular weight is 360 g/mol. The monoisotopic (exact) mass is 360 g/mol. The summed E-state index contributed by atoms with van der Waals surface area (Å²) < 4.78 is 0. The predicted octanol–water partition coefficient (Wildman–Crippen LogP) is 4.49. The number of hydrogen-bond acceptors (Lipinski definition) is 4. The van der Waals surface area contributed by atoms with Gasteiger partial charge >= 0.3 is 0 Å². The quantitative estimate of drug-likeness (QED) is 0.500. The third-order valence-electron chi connectivity index (χ3n) is 4.37. The molecule has 128 valence electrons. The zero-order valence-electron chi connectivity index (χ0n) is 14.4. The van der Waals surface area contributed by atoms with E-state index >= 15 is 0 Å². The summed E-state index contributed by atoms with van der Waals surface area (Å²) in [6.45, 7) is 3.82. The average Bonchev–Trinajstić information content (AvgIpc) is 3.05. The summed E-state index contributed by atoms with van der Waals surface area (Å²) in [6.07, 6.45) is 1.77. The lowest BCUT2D eigenvalue weighted by Crippen LogP contribution is -2.42. The number of carbonyl (C=O) groups excluding carboxylic acids is 2. The van der Waals surface area contributed by atoms with Crippen LogP contribution >= 0.6 is 11.3 Å². The van der Waals surface area contributed by atoms with Gasteiger partial charge in [0.2, 0.25) is 0 Å². The molecule has 0 fully saturated rings. The molecule has 1 aliphatic rings. The van der Waals surface area contributed by atoms with Crippen molar-refractivity contribution in [2.24, 2.45) is 0 Å². The molecule has 0 N–H and O–H groups in total. The molecule has 4 rings (SSSR count). The molecule has 1 aliphatic heterocycles. The normalized spacial score (nSPS) is 15.5. The van der Waals surface area contributed by atoms with Gasteiger partial charge in [-0.3, -0.25) is 9.59 Å². The Labute approximate surface area is 155 Å². The van der Waals surface area contributed by atoms with E-state index in [4.69, 9.17) is 0 Å². The molecular weight excluding hydrogens is 344 g/mol. The molecule has 2 aromatic carbocycles. The first-order chi connectivity index (χ1) is 12.6. The Hall–Kier alpha value is -3.05. The van der Waals surface area contributed by atoms with E-state index in [0.29, 0.717) is 22.4 Å². The molecule has 2 amide bonds. The topological polar surface area (TPSA) is 50.3 Å². The van der Waals surface area contributed by atoms with Crippen molar-refractivity contribution in [3.63, 3.8) is 0 Å². The number of benzene rings is 2. The maximum atomic E-state index is 13.3. The highest BCUT2D eigenvalue weighted by atomic mass is 32.1. The van der Waals surface area contributed by atoms with Gasteiger partial charge in [0, 0.05) is 16.5 Å². The lowest BCUT2D eigenvalue weighted by atomic mass is 9.92. The van der Waals surface area contributed by atoms with Gasteiger partial charge in [-0.05, 0) is 37.6 Å². The van der Waals surface area contributed by atoms with Crippen molar-refractivity contribution in [2.75, 3.05) is 4.90 Å². The first kappa shape index (κ1) is 16.4. The molecule has 0 radical (unpaired) electrons. The van der Waals surface area contributed by atoms with Gasteiger partial charge in [-0.25, -0.2) is 9.88 Å². The molecular formula is C21H16N2O2S. The van der Waals surface area contributed by atoms with E-state index < -0.39 is 0 Å². The van der Waals surface area contributed by atoms with Crippen LogP contribution in [0.5, 0.6) is 0 Å². The fourth-order valence-electron chi connectivity index (χ4n) is 3.12. The summed E-state index contributed by atoms with van der Waals surface area (Å²) in [5, 5.41) is 2.84. The van der Waals surface area contributed by atoms with E-state index in [9.17, 15) is 9.59 Å². The number of carbonyl (C=O) groups is 2. The van der Waals surface area contributed by atoms with Crippen LogP contribution in [-0.2, 0) is 4.79 Å². The van der Waals surface area contributed by atoms with E-state index in [2.05, 4.69) is 4.98 Å². The van der Waals surface area contributed by atoms with Gasteiger partial charge in [-0.1, -0.05) is 36.4 Å². The second kappa shape index (κ2) is 6.35. The van der Waals surface area contributed by atoms with Crippen LogP contribution in [0.25, 0.3) is 11.6 Å². The highest BCUT2D eigenvalue weighted by Gasteiger charge is 2.36. The van der Waals surface area contributed by atoms with Gasteiger partial charge < -0.3 is 0 Å². The number of para-hydroxylation sites is 1. The Morgan fingerprint density at radius 1 is 0.923 bits per heavy atom. The predicted molar refractivity (Wildman–Crippen MR) is 104 cm³/mol. The van der Waals surface area contributed by atoms with E-state index in [1.807, 2.05) is 55.6 Å². The number of amides is 2. The third-order valence-corrected chi connectivity index (χ3v) is 5.16. The van der Waals surface area contributed by atoms with Gasteiger partial charge in [-0.15, -0.1) is 11.3 Å². The van der Waals surface area contributed by atoms with Crippen molar-refractivity contribution in [3.05, 3.63) is 81.3 Å². The molecule has 0 aliphatic carbocycles.